The second kappa shape index (κ2) is 11.8. The van der Waals surface area contributed by atoms with Crippen LogP contribution in [-0.2, 0) is 4.74 Å². The molecule has 262 valence electrons. The first kappa shape index (κ1) is 32.0. The maximum Gasteiger partial charge on any atom is 0.407 e. The van der Waals surface area contributed by atoms with Crippen molar-refractivity contribution < 1.29 is 28.5 Å². The summed E-state index contributed by atoms with van der Waals surface area (Å²) in [5, 5.41) is 11.8. The molecule has 51 heavy (non-hydrogen) atoms. The van der Waals surface area contributed by atoms with Gasteiger partial charge in [-0.3, -0.25) is 14.8 Å². The molecule has 2 aromatic heterocycles. The molecular formula is C39H39FN6O5. The number of ether oxygens (including phenoxy) is 3. The van der Waals surface area contributed by atoms with Crippen LogP contribution in [0.3, 0.4) is 0 Å². The van der Waals surface area contributed by atoms with Crippen LogP contribution in [0.2, 0.25) is 0 Å². The minimum atomic E-state index is -0.918. The number of aromatic nitrogens is 3. The van der Waals surface area contributed by atoms with Gasteiger partial charge in [0.25, 0.3) is 0 Å². The number of hydrogen-bond donors (Lipinski definition) is 1. The highest BCUT2D eigenvalue weighted by molar-refractivity contribution is 6.03. The Labute approximate surface area is 295 Å². The summed E-state index contributed by atoms with van der Waals surface area (Å²) in [6.07, 6.45) is 12.4. The van der Waals surface area contributed by atoms with Crippen molar-refractivity contribution >= 4 is 33.6 Å². The summed E-state index contributed by atoms with van der Waals surface area (Å²) in [5.41, 5.74) is 2.41. The highest BCUT2D eigenvalue weighted by Gasteiger charge is 2.67. The monoisotopic (exact) mass is 690 g/mol. The van der Waals surface area contributed by atoms with E-state index in [9.17, 15) is 9.90 Å². The van der Waals surface area contributed by atoms with Crippen molar-refractivity contribution in [3.05, 3.63) is 60.1 Å². The number of amides is 1. The van der Waals surface area contributed by atoms with Crippen LogP contribution in [0.25, 0.3) is 32.9 Å². The summed E-state index contributed by atoms with van der Waals surface area (Å²) < 4.78 is 34.8. The molecule has 9 rings (SSSR count). The normalized spacial score (nSPS) is 24.8. The van der Waals surface area contributed by atoms with Crippen molar-refractivity contribution in [3.8, 4) is 35.4 Å². The van der Waals surface area contributed by atoms with Crippen molar-refractivity contribution in [2.45, 2.75) is 56.1 Å². The number of fused-ring (bicyclic) bond motifs is 6. The highest BCUT2D eigenvalue weighted by atomic mass is 19.1. The Balaban J connectivity index is 1.18. The van der Waals surface area contributed by atoms with E-state index in [1.165, 1.54) is 12.7 Å². The smallest absolute Gasteiger partial charge is 0.407 e. The first-order valence-electron chi connectivity index (χ1n) is 17.6. The number of rotatable bonds is 8. The van der Waals surface area contributed by atoms with Crippen LogP contribution < -0.4 is 14.4 Å². The maximum absolute atomic E-state index is 17.3. The van der Waals surface area contributed by atoms with Gasteiger partial charge >= 0.3 is 12.1 Å². The predicted octanol–water partition coefficient (Wildman–Crippen LogP) is 5.84. The van der Waals surface area contributed by atoms with Gasteiger partial charge in [0.05, 0.1) is 23.0 Å². The quantitative estimate of drug-likeness (QED) is 0.137. The summed E-state index contributed by atoms with van der Waals surface area (Å²) in [6, 6.07) is 8.81. The molecule has 0 radical (unpaired) electrons. The van der Waals surface area contributed by atoms with Crippen LogP contribution in [0.5, 0.6) is 11.8 Å². The van der Waals surface area contributed by atoms with Gasteiger partial charge in [-0.05, 0) is 74.1 Å². The average Bonchev–Trinajstić information content (AvgIpc) is 3.70. The molecule has 11 nitrogen and oxygen atoms in total. The number of carboxylic acid groups (broad SMARTS) is 1. The molecule has 4 aliphatic heterocycles. The number of carbonyl (C=O) groups is 1. The molecule has 1 aliphatic carbocycles. The minimum Gasteiger partial charge on any atom is -0.468 e. The Hall–Kier alpha value is -4.99. The zero-order valence-electron chi connectivity index (χ0n) is 28.5. The summed E-state index contributed by atoms with van der Waals surface area (Å²) in [6.45, 7) is 7.43. The van der Waals surface area contributed by atoms with Crippen LogP contribution in [0.1, 0.15) is 44.1 Å². The summed E-state index contributed by atoms with van der Waals surface area (Å²) in [4.78, 5) is 32.6. The van der Waals surface area contributed by atoms with Gasteiger partial charge in [-0.1, -0.05) is 30.2 Å². The second-order valence-electron chi connectivity index (χ2n) is 14.8. The SMILES string of the molecule is C#Cc1cccc2cc(OCOC)cc(-c3ncc4c(N5C[C@H]6CC[C@@H](C5)N6C(=O)O)nc(OCC56CC(=C)CN5CCC65CC5)nc4c3F)c12. The Morgan fingerprint density at radius 3 is 2.69 bits per heavy atom. The van der Waals surface area contributed by atoms with Crippen molar-refractivity contribution in [1.82, 2.24) is 24.8 Å². The van der Waals surface area contributed by atoms with Crippen LogP contribution in [-0.4, -0.2) is 100 Å². The number of terminal acetylenes is 1. The molecule has 1 N–H and O–H groups in total. The molecule has 4 saturated heterocycles. The summed E-state index contributed by atoms with van der Waals surface area (Å²) >= 11 is 0. The van der Waals surface area contributed by atoms with E-state index in [0.717, 1.165) is 57.0 Å². The third kappa shape index (κ3) is 4.93. The fraction of sp³-hybridized carbons (Fsp3) is 0.436. The lowest BCUT2D eigenvalue weighted by Crippen LogP contribution is -2.55. The molecule has 3 atom stereocenters. The Morgan fingerprint density at radius 2 is 1.96 bits per heavy atom. The first-order valence-corrected chi connectivity index (χ1v) is 17.6. The molecule has 2 aromatic carbocycles. The van der Waals surface area contributed by atoms with Gasteiger partial charge in [-0.15, -0.1) is 6.42 Å². The van der Waals surface area contributed by atoms with Crippen molar-refractivity contribution in [1.29, 1.82) is 0 Å². The maximum atomic E-state index is 17.3. The molecule has 1 saturated carbocycles. The van der Waals surface area contributed by atoms with Gasteiger partial charge in [0, 0.05) is 49.5 Å². The molecule has 12 heteroatoms. The standard InChI is InChI=1S/C39H39FN6O5/c1-4-24-6-5-7-25-14-28(51-22-49-3)15-29(31(24)25)33-32(40)34-30(17-41-33)35(44-19-26-8-9-27(20-44)46(26)37(47)48)43-36(42-34)50-21-39-16-23(2)18-45(39)13-12-38(39)10-11-38/h1,5-7,14-15,17,26-27H,2,8-13,16,18-22H2,3H3,(H,47,48)/t26-,27+,39?. The van der Waals surface area contributed by atoms with Crippen LogP contribution in [0.15, 0.2) is 48.7 Å². The Kier molecular flexibility index (Phi) is 7.38. The number of halogens is 1. The fourth-order valence-corrected chi connectivity index (χ4v) is 9.57. The number of benzene rings is 2. The largest absolute Gasteiger partial charge is 0.468 e. The number of methoxy groups -OCH3 is 1. The Morgan fingerprint density at radius 1 is 1.16 bits per heavy atom. The van der Waals surface area contributed by atoms with E-state index in [1.807, 2.05) is 29.2 Å². The van der Waals surface area contributed by atoms with E-state index in [1.54, 1.807) is 17.2 Å². The number of pyridine rings is 1. The van der Waals surface area contributed by atoms with Crippen molar-refractivity contribution in [3.63, 3.8) is 0 Å². The number of anilines is 1. The second-order valence-corrected chi connectivity index (χ2v) is 14.8. The fourth-order valence-electron chi connectivity index (χ4n) is 9.57. The number of hydrogen-bond acceptors (Lipinski definition) is 9. The average molecular weight is 691 g/mol. The van der Waals surface area contributed by atoms with E-state index < -0.39 is 11.9 Å². The van der Waals surface area contributed by atoms with Crippen molar-refractivity contribution in [2.24, 2.45) is 5.41 Å². The summed E-state index contributed by atoms with van der Waals surface area (Å²) in [5.74, 6) is 3.06. The van der Waals surface area contributed by atoms with Crippen LogP contribution >= 0.6 is 0 Å². The van der Waals surface area contributed by atoms with Gasteiger partial charge in [-0.25, -0.2) is 9.18 Å². The molecule has 5 aliphatic rings. The van der Waals surface area contributed by atoms with Crippen LogP contribution in [0.4, 0.5) is 15.0 Å². The molecular weight excluding hydrogens is 651 g/mol. The Bertz CT molecular complexity index is 2150. The van der Waals surface area contributed by atoms with Crippen LogP contribution in [0, 0.1) is 23.6 Å². The van der Waals surface area contributed by atoms with Gasteiger partial charge in [0.1, 0.15) is 29.4 Å². The van der Waals surface area contributed by atoms with Gasteiger partial charge in [0.2, 0.25) is 0 Å². The highest BCUT2D eigenvalue weighted by Crippen LogP contribution is 2.66. The number of nitrogens with zero attached hydrogens (tertiary/aromatic N) is 6. The first-order chi connectivity index (χ1) is 24.7. The van der Waals surface area contributed by atoms with Gasteiger partial charge in [-0.2, -0.15) is 9.97 Å². The minimum absolute atomic E-state index is 0.00930. The predicted molar refractivity (Wildman–Crippen MR) is 189 cm³/mol. The van der Waals surface area contributed by atoms with E-state index in [-0.39, 0.29) is 47.1 Å². The number of piperazine rings is 1. The van der Waals surface area contributed by atoms with E-state index in [2.05, 4.69) is 17.4 Å². The molecule has 4 aromatic rings. The zero-order valence-corrected chi connectivity index (χ0v) is 28.5. The van der Waals surface area contributed by atoms with E-state index in [4.69, 9.17) is 35.6 Å². The topological polar surface area (TPSA) is 113 Å². The molecule has 6 heterocycles. The third-order valence-corrected chi connectivity index (χ3v) is 12.1. The molecule has 1 amide bonds. The van der Waals surface area contributed by atoms with E-state index >= 15 is 4.39 Å². The zero-order chi connectivity index (χ0) is 35.1. The van der Waals surface area contributed by atoms with Gasteiger partial charge < -0.3 is 24.2 Å². The third-order valence-electron chi connectivity index (χ3n) is 12.1. The summed E-state index contributed by atoms with van der Waals surface area (Å²) in [7, 11) is 1.53. The van der Waals surface area contributed by atoms with Crippen molar-refractivity contribution in [2.75, 3.05) is 51.6 Å². The lowest BCUT2D eigenvalue weighted by Gasteiger charge is -2.40. The molecule has 1 spiro atoms. The van der Waals surface area contributed by atoms with E-state index in [0.29, 0.717) is 53.2 Å². The molecule has 2 bridgehead atoms. The molecule has 5 fully saturated rings. The lowest BCUT2D eigenvalue weighted by atomic mass is 9.80. The lowest BCUT2D eigenvalue weighted by molar-refractivity contribution is 0.0512. The molecule has 1 unspecified atom stereocenters. The van der Waals surface area contributed by atoms with Gasteiger partial charge in [0.15, 0.2) is 12.6 Å².